The maximum atomic E-state index is 12.8. The molecule has 2 atom stereocenters. The largest absolute Gasteiger partial charge is 0.495 e. The number of hydrogen-bond acceptors (Lipinski definition) is 7. The maximum Gasteiger partial charge on any atom is 0.280 e. The zero-order valence-electron chi connectivity index (χ0n) is 19.7. The van der Waals surface area contributed by atoms with Gasteiger partial charge in [-0.1, -0.05) is 24.8 Å². The number of carbonyl (C=O) groups excluding carboxylic acids is 1. The van der Waals surface area contributed by atoms with Crippen LogP contribution in [0.15, 0.2) is 47.9 Å². The number of anilines is 1. The monoisotopic (exact) mass is 475 g/mol. The van der Waals surface area contributed by atoms with Crippen molar-refractivity contribution in [3.05, 3.63) is 52.9 Å². The van der Waals surface area contributed by atoms with Crippen LogP contribution in [0, 0.1) is 11.3 Å². The molecule has 0 radical (unpaired) electrons. The molecule has 0 spiro atoms. The molecule has 34 heavy (non-hydrogen) atoms. The predicted octanol–water partition coefficient (Wildman–Crippen LogP) is 4.68. The standard InChI is InChI=1S/C26H29N5O2S/c1-16(13-27)14-28-24-21-12-19(6-5-18(21)7-8-23(24)33-4)22-15-34-26(30-22)25(32)29-20-9-10-31(3)17(2)11-20/h5-8,12,15,17,20,28H,1,9-11,14H2,2-4H3,(H,29,32)/t17-,20+/m0/s1. The van der Waals surface area contributed by atoms with Crippen LogP contribution in [0.25, 0.3) is 22.0 Å². The Kier molecular flexibility index (Phi) is 7.15. The molecule has 1 aliphatic rings. The second kappa shape index (κ2) is 10.2. The molecule has 4 rings (SSSR count). The third kappa shape index (κ3) is 5.06. The van der Waals surface area contributed by atoms with Crippen molar-refractivity contribution >= 4 is 33.7 Å². The zero-order chi connectivity index (χ0) is 24.2. The van der Waals surface area contributed by atoms with Crippen molar-refractivity contribution < 1.29 is 9.53 Å². The minimum Gasteiger partial charge on any atom is -0.495 e. The lowest BCUT2D eigenvalue weighted by Gasteiger charge is -2.35. The highest BCUT2D eigenvalue weighted by Crippen LogP contribution is 2.36. The topological polar surface area (TPSA) is 90.3 Å². The Bertz CT molecular complexity index is 1260. The summed E-state index contributed by atoms with van der Waals surface area (Å²) in [4.78, 5) is 19.8. The lowest BCUT2D eigenvalue weighted by Crippen LogP contribution is -2.47. The van der Waals surface area contributed by atoms with Crippen molar-refractivity contribution in [1.29, 1.82) is 5.26 Å². The van der Waals surface area contributed by atoms with Crippen LogP contribution >= 0.6 is 11.3 Å². The number of fused-ring (bicyclic) bond motifs is 1. The molecule has 1 saturated heterocycles. The number of amides is 1. The van der Waals surface area contributed by atoms with Gasteiger partial charge in [-0.2, -0.15) is 5.26 Å². The second-order valence-corrected chi connectivity index (χ2v) is 9.57. The number of rotatable bonds is 7. The fourth-order valence-electron chi connectivity index (χ4n) is 4.22. The summed E-state index contributed by atoms with van der Waals surface area (Å²) in [6, 6.07) is 12.6. The van der Waals surface area contributed by atoms with E-state index in [1.165, 1.54) is 11.3 Å². The molecule has 0 aliphatic carbocycles. The van der Waals surface area contributed by atoms with Gasteiger partial charge in [-0.3, -0.25) is 4.79 Å². The molecule has 1 aromatic heterocycles. The van der Waals surface area contributed by atoms with Crippen LogP contribution in [-0.2, 0) is 0 Å². The molecule has 0 bridgehead atoms. The van der Waals surface area contributed by atoms with Crippen LogP contribution in [0.3, 0.4) is 0 Å². The van der Waals surface area contributed by atoms with E-state index in [4.69, 9.17) is 10.00 Å². The van der Waals surface area contributed by atoms with Gasteiger partial charge in [0.15, 0.2) is 5.01 Å². The average Bonchev–Trinajstić information content (AvgIpc) is 3.34. The first-order valence-corrected chi connectivity index (χ1v) is 12.2. The minimum absolute atomic E-state index is 0.113. The molecule has 1 amide bonds. The maximum absolute atomic E-state index is 12.8. The van der Waals surface area contributed by atoms with Gasteiger partial charge in [0, 0.05) is 47.1 Å². The number of nitriles is 1. The van der Waals surface area contributed by atoms with Crippen molar-refractivity contribution in [2.24, 2.45) is 0 Å². The van der Waals surface area contributed by atoms with Crippen LogP contribution in [-0.4, -0.2) is 55.1 Å². The van der Waals surface area contributed by atoms with Crippen LogP contribution < -0.4 is 15.4 Å². The van der Waals surface area contributed by atoms with Gasteiger partial charge in [0.2, 0.25) is 0 Å². The Morgan fingerprint density at radius 3 is 2.91 bits per heavy atom. The van der Waals surface area contributed by atoms with E-state index in [1.807, 2.05) is 35.7 Å². The number of piperidine rings is 1. The van der Waals surface area contributed by atoms with E-state index in [0.717, 1.165) is 47.1 Å². The average molecular weight is 476 g/mol. The van der Waals surface area contributed by atoms with Crippen LogP contribution in [0.5, 0.6) is 5.75 Å². The van der Waals surface area contributed by atoms with Crippen molar-refractivity contribution in [2.75, 3.05) is 32.6 Å². The number of hydrogen-bond donors (Lipinski definition) is 2. The molecular weight excluding hydrogens is 446 g/mol. The summed E-state index contributed by atoms with van der Waals surface area (Å²) in [6.07, 6.45) is 1.90. The Balaban J connectivity index is 1.57. The van der Waals surface area contributed by atoms with E-state index in [9.17, 15) is 4.79 Å². The number of thiazole rings is 1. The summed E-state index contributed by atoms with van der Waals surface area (Å²) < 4.78 is 5.54. The number of ether oxygens (including phenoxy) is 1. The number of nitrogens with one attached hydrogen (secondary N) is 2. The third-order valence-corrected chi connectivity index (χ3v) is 7.22. The second-order valence-electron chi connectivity index (χ2n) is 8.71. The number of methoxy groups -OCH3 is 1. The van der Waals surface area contributed by atoms with Gasteiger partial charge in [-0.25, -0.2) is 4.98 Å². The Morgan fingerprint density at radius 2 is 2.18 bits per heavy atom. The molecule has 1 fully saturated rings. The van der Waals surface area contributed by atoms with E-state index >= 15 is 0 Å². The van der Waals surface area contributed by atoms with Gasteiger partial charge in [-0.15, -0.1) is 11.3 Å². The Labute approximate surface area is 204 Å². The lowest BCUT2D eigenvalue weighted by molar-refractivity contribution is 0.0896. The molecule has 3 aromatic rings. The minimum atomic E-state index is -0.113. The summed E-state index contributed by atoms with van der Waals surface area (Å²) in [7, 11) is 3.74. The number of carbonyl (C=O) groups is 1. The van der Waals surface area contributed by atoms with E-state index in [2.05, 4.69) is 47.1 Å². The van der Waals surface area contributed by atoms with Crippen molar-refractivity contribution in [3.63, 3.8) is 0 Å². The van der Waals surface area contributed by atoms with E-state index < -0.39 is 0 Å². The van der Waals surface area contributed by atoms with E-state index in [0.29, 0.717) is 28.9 Å². The smallest absolute Gasteiger partial charge is 0.280 e. The molecule has 1 aliphatic heterocycles. The zero-order valence-corrected chi connectivity index (χ0v) is 20.5. The first-order chi connectivity index (χ1) is 16.4. The summed E-state index contributed by atoms with van der Waals surface area (Å²) in [6.45, 7) is 7.24. The van der Waals surface area contributed by atoms with Crippen molar-refractivity contribution in [1.82, 2.24) is 15.2 Å². The fourth-order valence-corrected chi connectivity index (χ4v) is 4.95. The van der Waals surface area contributed by atoms with E-state index in [-0.39, 0.29) is 11.9 Å². The normalized spacial score (nSPS) is 18.3. The van der Waals surface area contributed by atoms with Crippen molar-refractivity contribution in [3.8, 4) is 23.1 Å². The molecule has 0 unspecified atom stereocenters. The highest BCUT2D eigenvalue weighted by Gasteiger charge is 2.25. The van der Waals surface area contributed by atoms with Crippen LogP contribution in [0.4, 0.5) is 5.69 Å². The van der Waals surface area contributed by atoms with Gasteiger partial charge in [0.05, 0.1) is 24.6 Å². The Hall–Kier alpha value is -3.41. The van der Waals surface area contributed by atoms with Gasteiger partial charge in [0.25, 0.3) is 5.91 Å². The molecule has 2 heterocycles. The summed E-state index contributed by atoms with van der Waals surface area (Å²) >= 11 is 1.36. The number of benzene rings is 2. The molecule has 2 aromatic carbocycles. The number of likely N-dealkylation sites (tertiary alicyclic amines) is 1. The summed E-state index contributed by atoms with van der Waals surface area (Å²) in [5.41, 5.74) is 2.89. The first kappa shape index (κ1) is 23.7. The fraction of sp³-hybridized carbons (Fsp3) is 0.346. The number of nitrogens with zero attached hydrogens (tertiary/aromatic N) is 3. The molecule has 8 heteroatoms. The first-order valence-electron chi connectivity index (χ1n) is 11.3. The number of aromatic nitrogens is 1. The van der Waals surface area contributed by atoms with Gasteiger partial charge < -0.3 is 20.3 Å². The quantitative estimate of drug-likeness (QED) is 0.483. The molecule has 0 saturated carbocycles. The van der Waals surface area contributed by atoms with Gasteiger partial charge in [0.1, 0.15) is 5.75 Å². The molecule has 7 nitrogen and oxygen atoms in total. The molecule has 2 N–H and O–H groups in total. The van der Waals surface area contributed by atoms with Gasteiger partial charge in [-0.05, 0) is 44.3 Å². The Morgan fingerprint density at radius 1 is 1.38 bits per heavy atom. The van der Waals surface area contributed by atoms with Crippen molar-refractivity contribution in [2.45, 2.75) is 31.8 Å². The highest BCUT2D eigenvalue weighted by atomic mass is 32.1. The molecule has 176 valence electrons. The van der Waals surface area contributed by atoms with Crippen LogP contribution in [0.1, 0.15) is 29.6 Å². The predicted molar refractivity (Wildman–Crippen MR) is 137 cm³/mol. The SMILES string of the molecule is C=C(C#N)CNc1c(OC)ccc2ccc(-c3csc(C(=O)N[C@@H]4CCN(C)[C@@H](C)C4)n3)cc12. The lowest BCUT2D eigenvalue weighted by atomic mass is 9.99. The van der Waals surface area contributed by atoms with E-state index in [1.54, 1.807) is 7.11 Å². The van der Waals surface area contributed by atoms with Gasteiger partial charge >= 0.3 is 0 Å². The molecular formula is C26H29N5O2S. The highest BCUT2D eigenvalue weighted by molar-refractivity contribution is 7.12. The third-order valence-electron chi connectivity index (χ3n) is 6.38. The van der Waals surface area contributed by atoms with Crippen LogP contribution in [0.2, 0.25) is 0 Å². The summed E-state index contributed by atoms with van der Waals surface area (Å²) in [5.74, 6) is 0.568. The summed E-state index contributed by atoms with van der Waals surface area (Å²) in [5, 5.41) is 19.9.